The summed E-state index contributed by atoms with van der Waals surface area (Å²) in [5, 5.41) is 89.9. The number of aldehydes is 1. The minimum atomic E-state index is -3.21. The van der Waals surface area contributed by atoms with Gasteiger partial charge in [-0.3, -0.25) is 19.2 Å². The fourth-order valence-corrected chi connectivity index (χ4v) is 9.88. The molecule has 1 heterocycles. The van der Waals surface area contributed by atoms with Gasteiger partial charge in [-0.25, -0.2) is 0 Å². The summed E-state index contributed by atoms with van der Waals surface area (Å²) in [5.74, 6) is -1.44. The summed E-state index contributed by atoms with van der Waals surface area (Å²) in [6, 6.07) is 12.4. The van der Waals surface area contributed by atoms with E-state index in [1.54, 1.807) is 42.5 Å². The van der Waals surface area contributed by atoms with E-state index in [1.807, 2.05) is 6.07 Å². The van der Waals surface area contributed by atoms with E-state index in [1.165, 1.54) is 19.1 Å². The molecule has 0 amide bonds. The average Bonchev–Trinajstić information content (AvgIpc) is 3.76. The van der Waals surface area contributed by atoms with Gasteiger partial charge in [0.2, 0.25) is 12.1 Å². The number of benzene rings is 4. The Kier molecular flexibility index (Phi) is 13.6. The monoisotopic (exact) mass is 931 g/mol. The maximum absolute atomic E-state index is 15.6. The quantitative estimate of drug-likeness (QED) is 0.0356. The van der Waals surface area contributed by atoms with Crippen LogP contribution in [0.5, 0.6) is 17.2 Å². The molecule has 8 rings (SSSR count). The number of aliphatic hydroxyl groups is 7. The van der Waals surface area contributed by atoms with Crippen molar-refractivity contribution < 1.29 is 74.2 Å². The zero-order valence-electron chi connectivity index (χ0n) is 37.4. The predicted octanol–water partition coefficient (Wildman–Crippen LogP) is 3.02. The molecule has 1 aliphatic heterocycles. The molecule has 16 heteroatoms. The number of fused-ring (bicyclic) bond motifs is 2. The summed E-state index contributed by atoms with van der Waals surface area (Å²) in [5.41, 5.74) is 4.87. The van der Waals surface area contributed by atoms with Gasteiger partial charge in [-0.05, 0) is 79.0 Å². The van der Waals surface area contributed by atoms with E-state index in [0.29, 0.717) is 43.1 Å². The number of ketones is 2. The van der Waals surface area contributed by atoms with E-state index in [0.717, 1.165) is 12.5 Å². The van der Waals surface area contributed by atoms with Crippen LogP contribution in [0.2, 0.25) is 0 Å². The Morgan fingerprint density at radius 2 is 1.65 bits per heavy atom. The summed E-state index contributed by atoms with van der Waals surface area (Å²) in [7, 11) is 0. The van der Waals surface area contributed by atoms with Crippen LogP contribution < -0.4 is 15.2 Å². The molecule has 3 aliphatic carbocycles. The van der Waals surface area contributed by atoms with E-state index in [4.69, 9.17) is 19.9 Å². The van der Waals surface area contributed by atoms with E-state index >= 15 is 9.59 Å². The Bertz CT molecular complexity index is 2790. The number of nitrogens with two attached hydrogens (primary N) is 1. The second-order valence-electron chi connectivity index (χ2n) is 18.0. The summed E-state index contributed by atoms with van der Waals surface area (Å²) in [6.45, 7) is 1.59. The van der Waals surface area contributed by atoms with Gasteiger partial charge in [-0.2, -0.15) is 0 Å². The molecule has 4 aromatic carbocycles. The third-order valence-corrected chi connectivity index (χ3v) is 13.4. The van der Waals surface area contributed by atoms with E-state index in [9.17, 15) is 50.4 Å². The van der Waals surface area contributed by atoms with Gasteiger partial charge >= 0.3 is 5.97 Å². The second-order valence-corrected chi connectivity index (χ2v) is 18.0. The number of hydrogen-bond donors (Lipinski definition) is 9. The third kappa shape index (κ3) is 8.89. The third-order valence-electron chi connectivity index (χ3n) is 13.4. The molecular formula is C52H53NO15. The van der Waals surface area contributed by atoms with Crippen LogP contribution in [0.25, 0.3) is 12.2 Å². The van der Waals surface area contributed by atoms with Crippen molar-refractivity contribution in [3.8, 4) is 29.1 Å². The molecule has 1 saturated carbocycles. The van der Waals surface area contributed by atoms with Gasteiger partial charge in [-0.15, -0.1) is 0 Å². The van der Waals surface area contributed by atoms with Crippen molar-refractivity contribution in [2.75, 3.05) is 0 Å². The molecule has 6 atom stereocenters. The largest absolute Gasteiger partial charge is 0.507 e. The number of ether oxygens (including phenoxy) is 3. The standard InChI is InChI=1S/C52H53NO15/c1-26-48(61)52(64,65)49(62)50(66-26)68-47-35-12-7-11-32(53)15-16-33(57)21-29-9-5-8-28(20-29)14-17-34-39(67-27(2)56)23-31(24-54)40-41(34)46(60)42(35)43(45(40)59)44(58)36(47)22-30-10-6-13-38(37(30)25-55)51(63)18-3-4-19-51/h5-6,8-10,13-14,17,20,23,25-26,32-33,48-50,54,57-58,61-65H,3-4,12,15-16,18-19,21-22,24,53H2,1-2H3/b17-14+/t26-,32-,33+,48+,49-,50+/m0/s1. The highest BCUT2D eigenvalue weighted by atomic mass is 16.7. The SMILES string of the molecule is CC(=O)Oc1cc(CO)c2c3c1/C=C/c1cccc(c1)C[C@H](O)CC[C@@H](N)C#CCc1c(O[C@H]4O[C@@H](C)[C@@H](O)C(O)(O)[C@H]4O)c(Cc4cccc(C5(O)CCCC5)c4C=O)c(O)c(c1C3=O)C2=O. The van der Waals surface area contributed by atoms with Gasteiger partial charge in [0.1, 0.15) is 23.4 Å². The van der Waals surface area contributed by atoms with Crippen LogP contribution in [-0.2, 0) is 41.0 Å². The Balaban J connectivity index is 1.45. The Hall–Kier alpha value is -6.10. The number of aromatic hydroxyl groups is 1. The molecule has 4 aromatic rings. The molecule has 4 aliphatic rings. The summed E-state index contributed by atoms with van der Waals surface area (Å²) >= 11 is 0. The van der Waals surface area contributed by atoms with Crippen LogP contribution in [0.4, 0.5) is 0 Å². The highest BCUT2D eigenvalue weighted by Gasteiger charge is 2.55. The number of phenolic OH excluding ortho intramolecular Hbond substituents is 1. The first-order chi connectivity index (χ1) is 32.4. The number of phenols is 1. The number of aliphatic hydroxyl groups excluding tert-OH is 4. The van der Waals surface area contributed by atoms with Crippen LogP contribution in [0.3, 0.4) is 0 Å². The van der Waals surface area contributed by atoms with Crippen molar-refractivity contribution in [3.05, 3.63) is 121 Å². The fraction of sp³-hybridized carbons (Fsp3) is 0.385. The Morgan fingerprint density at radius 3 is 2.35 bits per heavy atom. The first-order valence-corrected chi connectivity index (χ1v) is 22.5. The number of rotatable bonds is 8. The Labute approximate surface area is 391 Å². The van der Waals surface area contributed by atoms with Gasteiger partial charge in [0.25, 0.3) is 0 Å². The lowest BCUT2D eigenvalue weighted by atomic mass is 9.75. The smallest absolute Gasteiger partial charge is 0.308 e. The molecule has 10 N–H and O–H groups in total. The first-order valence-electron chi connectivity index (χ1n) is 22.5. The topological polar surface area (TPSA) is 284 Å². The molecule has 68 heavy (non-hydrogen) atoms. The van der Waals surface area contributed by atoms with E-state index < -0.39 is 108 Å². The van der Waals surface area contributed by atoms with Crippen LogP contribution in [0.1, 0.15) is 139 Å². The van der Waals surface area contributed by atoms with E-state index in [2.05, 4.69) is 11.8 Å². The zero-order valence-corrected chi connectivity index (χ0v) is 37.4. The molecule has 0 aromatic heterocycles. The maximum atomic E-state index is 15.6. The van der Waals surface area contributed by atoms with Gasteiger partial charge in [-0.1, -0.05) is 73.2 Å². The van der Waals surface area contributed by atoms with Crippen molar-refractivity contribution in [1.29, 1.82) is 0 Å². The number of hydrogen-bond acceptors (Lipinski definition) is 16. The minimum absolute atomic E-state index is 0.0514. The van der Waals surface area contributed by atoms with Crippen molar-refractivity contribution in [2.24, 2.45) is 5.73 Å². The van der Waals surface area contributed by atoms with Crippen LogP contribution in [0.15, 0.2) is 48.5 Å². The molecule has 0 radical (unpaired) electrons. The van der Waals surface area contributed by atoms with Crippen molar-refractivity contribution in [2.45, 2.75) is 126 Å². The lowest BCUT2D eigenvalue weighted by Gasteiger charge is -2.44. The Morgan fingerprint density at radius 1 is 0.926 bits per heavy atom. The zero-order chi connectivity index (χ0) is 48.8. The molecule has 0 unspecified atom stereocenters. The lowest BCUT2D eigenvalue weighted by Crippen LogP contribution is -2.67. The molecule has 2 fully saturated rings. The van der Waals surface area contributed by atoms with E-state index in [-0.39, 0.29) is 69.5 Å². The molecule has 356 valence electrons. The number of carbonyl (C=O) groups is 4. The predicted molar refractivity (Wildman–Crippen MR) is 244 cm³/mol. The fourth-order valence-electron chi connectivity index (χ4n) is 9.88. The summed E-state index contributed by atoms with van der Waals surface area (Å²) in [4.78, 5) is 56.6. The van der Waals surface area contributed by atoms with Crippen molar-refractivity contribution >= 4 is 36.0 Å². The van der Waals surface area contributed by atoms with Crippen LogP contribution >= 0.6 is 0 Å². The molecule has 4 bridgehead atoms. The maximum Gasteiger partial charge on any atom is 0.308 e. The first kappa shape index (κ1) is 48.4. The summed E-state index contributed by atoms with van der Waals surface area (Å²) in [6.07, 6.45) is -3.03. The lowest BCUT2D eigenvalue weighted by molar-refractivity contribution is -0.371. The second kappa shape index (κ2) is 19.1. The molecule has 1 saturated heterocycles. The minimum Gasteiger partial charge on any atom is -0.507 e. The van der Waals surface area contributed by atoms with Gasteiger partial charge in [0.15, 0.2) is 24.0 Å². The summed E-state index contributed by atoms with van der Waals surface area (Å²) < 4.78 is 17.8. The van der Waals surface area contributed by atoms with Gasteiger partial charge in [0.05, 0.1) is 36.0 Å². The van der Waals surface area contributed by atoms with Gasteiger partial charge in [0, 0.05) is 58.7 Å². The molecule has 0 spiro atoms. The number of esters is 1. The van der Waals surface area contributed by atoms with Crippen LogP contribution in [-0.4, -0.2) is 107 Å². The molecular weight excluding hydrogens is 879 g/mol. The highest BCUT2D eigenvalue weighted by Crippen LogP contribution is 2.49. The normalized spacial score (nSPS) is 24.5. The van der Waals surface area contributed by atoms with Crippen molar-refractivity contribution in [1.82, 2.24) is 0 Å². The average molecular weight is 932 g/mol. The highest BCUT2D eigenvalue weighted by molar-refractivity contribution is 6.32. The van der Waals surface area contributed by atoms with Gasteiger partial charge < -0.3 is 60.8 Å². The number of carbonyl (C=O) groups excluding carboxylic acids is 4. The van der Waals surface area contributed by atoms with Crippen molar-refractivity contribution in [3.63, 3.8) is 0 Å². The molecule has 16 nitrogen and oxygen atoms in total. The van der Waals surface area contributed by atoms with Crippen LogP contribution in [0, 0.1) is 11.8 Å².